The number of hydrogen-bond acceptors (Lipinski definition) is 2. The van der Waals surface area contributed by atoms with Crippen molar-refractivity contribution in [1.82, 2.24) is 4.90 Å². The molecule has 0 heterocycles. The van der Waals surface area contributed by atoms with Crippen LogP contribution < -0.4 is 4.74 Å². The molecule has 0 amide bonds. The highest BCUT2D eigenvalue weighted by Gasteiger charge is 2.03. The Hall–Kier alpha value is -1.02. The monoisotopic (exact) mass is 178 g/mol. The maximum absolute atomic E-state index is 5.66. The fourth-order valence-corrected chi connectivity index (χ4v) is 1.23. The van der Waals surface area contributed by atoms with E-state index in [-0.39, 0.29) is 6.10 Å². The Balaban J connectivity index is 2.41. The van der Waals surface area contributed by atoms with Gasteiger partial charge >= 0.3 is 0 Å². The zero-order valence-corrected chi connectivity index (χ0v) is 8.45. The summed E-state index contributed by atoms with van der Waals surface area (Å²) in [6, 6.07) is 10.5. The molecule has 0 saturated heterocycles. The second-order valence-electron chi connectivity index (χ2n) is 3.43. The second kappa shape index (κ2) is 4.87. The van der Waals surface area contributed by atoms with Gasteiger partial charge in [-0.25, -0.2) is 0 Å². The van der Waals surface area contributed by atoms with Gasteiger partial charge in [-0.2, -0.15) is 0 Å². The Morgan fingerprint density at radius 1 is 1.38 bits per heavy atom. The van der Waals surface area contributed by atoms with Crippen LogP contribution in [0.15, 0.2) is 24.3 Å². The van der Waals surface area contributed by atoms with E-state index in [4.69, 9.17) is 4.74 Å². The first-order valence-corrected chi connectivity index (χ1v) is 4.46. The van der Waals surface area contributed by atoms with Crippen LogP contribution in [0, 0.1) is 6.07 Å². The summed E-state index contributed by atoms with van der Waals surface area (Å²) in [7, 11) is 4.08. The lowest BCUT2D eigenvalue weighted by Gasteiger charge is -2.18. The fourth-order valence-electron chi connectivity index (χ4n) is 1.23. The Kier molecular flexibility index (Phi) is 3.77. The van der Waals surface area contributed by atoms with Crippen molar-refractivity contribution in [3.63, 3.8) is 0 Å². The molecule has 1 unspecified atom stereocenters. The van der Waals surface area contributed by atoms with Crippen LogP contribution in [0.3, 0.4) is 0 Å². The van der Waals surface area contributed by atoms with Crippen LogP contribution in [0.4, 0.5) is 0 Å². The van der Waals surface area contributed by atoms with E-state index in [2.05, 4.69) is 17.9 Å². The number of benzene rings is 1. The number of nitrogens with zero attached hydrogens (tertiary/aromatic N) is 1. The lowest BCUT2D eigenvalue weighted by Crippen LogP contribution is -2.27. The zero-order chi connectivity index (χ0) is 9.68. The minimum absolute atomic E-state index is 0.220. The molecule has 1 aromatic carbocycles. The number of hydrogen-bond donors (Lipinski definition) is 0. The topological polar surface area (TPSA) is 12.5 Å². The molecule has 1 atom stereocenters. The summed E-state index contributed by atoms with van der Waals surface area (Å²) in [4.78, 5) is 2.11. The van der Waals surface area contributed by atoms with Crippen molar-refractivity contribution in [1.29, 1.82) is 0 Å². The number of likely N-dealkylation sites (N-methyl/N-ethyl adjacent to an activating group) is 1. The first-order chi connectivity index (χ1) is 6.18. The van der Waals surface area contributed by atoms with Gasteiger partial charge in [-0.15, -0.1) is 0 Å². The molecule has 0 aliphatic heterocycles. The molecule has 0 saturated carbocycles. The molecule has 13 heavy (non-hydrogen) atoms. The summed E-state index contributed by atoms with van der Waals surface area (Å²) in [5, 5.41) is 0. The molecule has 1 rings (SSSR count). The van der Waals surface area contributed by atoms with Crippen molar-refractivity contribution in [2.75, 3.05) is 20.6 Å². The van der Waals surface area contributed by atoms with Crippen molar-refractivity contribution in [3.8, 4) is 5.75 Å². The van der Waals surface area contributed by atoms with Crippen LogP contribution >= 0.6 is 0 Å². The largest absolute Gasteiger partial charge is 0.489 e. The van der Waals surface area contributed by atoms with Gasteiger partial charge in [0.1, 0.15) is 11.9 Å². The van der Waals surface area contributed by atoms with E-state index >= 15 is 0 Å². The van der Waals surface area contributed by atoms with Gasteiger partial charge in [0.15, 0.2) is 0 Å². The summed E-state index contributed by atoms with van der Waals surface area (Å²) >= 11 is 0. The highest BCUT2D eigenvalue weighted by molar-refractivity contribution is 5.20. The lowest BCUT2D eigenvalue weighted by atomic mass is 10.3. The van der Waals surface area contributed by atoms with Crippen LogP contribution in [-0.2, 0) is 0 Å². The van der Waals surface area contributed by atoms with Crippen LogP contribution in [0.1, 0.15) is 6.92 Å². The van der Waals surface area contributed by atoms with Crippen molar-refractivity contribution in [2.24, 2.45) is 0 Å². The van der Waals surface area contributed by atoms with Crippen molar-refractivity contribution >= 4 is 0 Å². The van der Waals surface area contributed by atoms with Gasteiger partial charge in [-0.05, 0) is 39.2 Å². The average Bonchev–Trinajstić information content (AvgIpc) is 2.04. The molecular formula is C11H16NO. The fraction of sp³-hybridized carbons (Fsp3) is 0.455. The Morgan fingerprint density at radius 3 is 2.54 bits per heavy atom. The van der Waals surface area contributed by atoms with Gasteiger partial charge in [0.25, 0.3) is 0 Å². The average molecular weight is 178 g/mol. The Morgan fingerprint density at radius 2 is 2.00 bits per heavy atom. The quantitative estimate of drug-likeness (QED) is 0.697. The molecule has 0 spiro atoms. The molecule has 2 nitrogen and oxygen atoms in total. The molecule has 1 aromatic rings. The standard InChI is InChI=1S/C11H16NO/c1-10(9-12(2)3)13-11-7-5-4-6-8-11/h5-8,10H,9H2,1-3H3. The van der Waals surface area contributed by atoms with Crippen LogP contribution in [0.2, 0.25) is 0 Å². The minimum atomic E-state index is 0.220. The maximum atomic E-state index is 5.66. The summed E-state index contributed by atoms with van der Waals surface area (Å²) in [6.07, 6.45) is 0.220. The van der Waals surface area contributed by atoms with E-state index in [0.29, 0.717) is 0 Å². The van der Waals surface area contributed by atoms with E-state index < -0.39 is 0 Å². The normalized spacial score (nSPS) is 12.9. The van der Waals surface area contributed by atoms with Gasteiger partial charge in [-0.3, -0.25) is 0 Å². The highest BCUT2D eigenvalue weighted by Crippen LogP contribution is 2.10. The third-order valence-corrected chi connectivity index (χ3v) is 1.65. The molecule has 1 radical (unpaired) electrons. The zero-order valence-electron chi connectivity index (χ0n) is 8.45. The molecule has 0 aromatic heterocycles. The first-order valence-electron chi connectivity index (χ1n) is 4.46. The van der Waals surface area contributed by atoms with Gasteiger partial charge in [0.05, 0.1) is 0 Å². The van der Waals surface area contributed by atoms with Gasteiger partial charge < -0.3 is 9.64 Å². The summed E-state index contributed by atoms with van der Waals surface area (Å²) in [6.45, 7) is 3.00. The molecule has 0 fully saturated rings. The van der Waals surface area contributed by atoms with E-state index in [9.17, 15) is 0 Å². The summed E-state index contributed by atoms with van der Waals surface area (Å²) in [5.41, 5.74) is 0. The molecule has 0 bridgehead atoms. The smallest absolute Gasteiger partial charge is 0.119 e. The van der Waals surface area contributed by atoms with Crippen LogP contribution in [0.5, 0.6) is 5.75 Å². The summed E-state index contributed by atoms with van der Waals surface area (Å²) < 4.78 is 5.66. The molecule has 71 valence electrons. The molecule has 0 aliphatic carbocycles. The van der Waals surface area contributed by atoms with Gasteiger partial charge in [0.2, 0.25) is 0 Å². The van der Waals surface area contributed by atoms with E-state index in [1.165, 1.54) is 0 Å². The van der Waals surface area contributed by atoms with Gasteiger partial charge in [0, 0.05) is 6.54 Å². The van der Waals surface area contributed by atoms with Crippen LogP contribution in [-0.4, -0.2) is 31.6 Å². The Bertz CT molecular complexity index is 233. The minimum Gasteiger partial charge on any atom is -0.489 e. The molecule has 2 heteroatoms. The summed E-state index contributed by atoms with van der Waals surface area (Å²) in [5.74, 6) is 0.910. The lowest BCUT2D eigenvalue weighted by molar-refractivity contribution is 0.177. The van der Waals surface area contributed by atoms with E-state index in [1.54, 1.807) is 0 Å². The van der Waals surface area contributed by atoms with Crippen molar-refractivity contribution < 1.29 is 4.74 Å². The number of ether oxygens (including phenoxy) is 1. The van der Waals surface area contributed by atoms with E-state index in [1.807, 2.05) is 38.4 Å². The predicted molar refractivity (Wildman–Crippen MR) is 53.9 cm³/mol. The molecule has 0 N–H and O–H groups in total. The third kappa shape index (κ3) is 3.95. The Labute approximate surface area is 80.1 Å². The second-order valence-corrected chi connectivity index (χ2v) is 3.43. The molecule has 0 aliphatic rings. The third-order valence-electron chi connectivity index (χ3n) is 1.65. The first kappa shape index (κ1) is 10.1. The molecular weight excluding hydrogens is 162 g/mol. The van der Waals surface area contributed by atoms with Gasteiger partial charge in [-0.1, -0.05) is 12.1 Å². The maximum Gasteiger partial charge on any atom is 0.119 e. The highest BCUT2D eigenvalue weighted by atomic mass is 16.5. The van der Waals surface area contributed by atoms with E-state index in [0.717, 1.165) is 12.3 Å². The number of rotatable bonds is 4. The predicted octanol–water partition coefficient (Wildman–Crippen LogP) is 1.82. The van der Waals surface area contributed by atoms with Crippen molar-refractivity contribution in [2.45, 2.75) is 13.0 Å². The SMILES string of the molecule is CC(CN(C)C)Oc1cc[c]cc1. The van der Waals surface area contributed by atoms with Crippen molar-refractivity contribution in [3.05, 3.63) is 30.3 Å². The van der Waals surface area contributed by atoms with Crippen LogP contribution in [0.25, 0.3) is 0 Å².